The summed E-state index contributed by atoms with van der Waals surface area (Å²) in [6.07, 6.45) is 4.43. The third-order valence-electron chi connectivity index (χ3n) is 7.22. The van der Waals surface area contributed by atoms with E-state index in [1.165, 1.54) is 0 Å². The fraction of sp³-hybridized carbons (Fsp3) is 0.452. The summed E-state index contributed by atoms with van der Waals surface area (Å²) in [5.74, 6) is 2.96. The lowest BCUT2D eigenvalue weighted by Gasteiger charge is -2.42. The number of amides is 1. The first-order valence-electron chi connectivity index (χ1n) is 13.3. The molecule has 1 amide bonds. The van der Waals surface area contributed by atoms with E-state index < -0.39 is 0 Å². The Balaban J connectivity index is 1.48. The van der Waals surface area contributed by atoms with Gasteiger partial charge in [0.2, 0.25) is 5.91 Å². The lowest BCUT2D eigenvalue weighted by molar-refractivity contribution is -0.135. The highest BCUT2D eigenvalue weighted by Gasteiger charge is 2.39. The molecule has 0 radical (unpaired) electrons. The van der Waals surface area contributed by atoms with Crippen molar-refractivity contribution in [3.05, 3.63) is 88.3 Å². The van der Waals surface area contributed by atoms with Crippen LogP contribution in [0, 0.1) is 12.3 Å². The molecule has 0 bridgehead atoms. The lowest BCUT2D eigenvalue weighted by Crippen LogP contribution is -2.48. The monoisotopic (exact) mass is 522 g/mol. The van der Waals surface area contributed by atoms with Crippen molar-refractivity contribution < 1.29 is 13.9 Å². The molecule has 2 heterocycles. The number of ether oxygens (including phenoxy) is 1. The first kappa shape index (κ1) is 27.3. The highest BCUT2D eigenvalue weighted by atomic mass is 35.5. The Labute approximate surface area is 226 Å². The second kappa shape index (κ2) is 12.7. The number of halogens is 1. The van der Waals surface area contributed by atoms with Gasteiger partial charge in [-0.05, 0) is 74.2 Å². The Morgan fingerprint density at radius 2 is 1.92 bits per heavy atom. The van der Waals surface area contributed by atoms with Crippen LogP contribution in [0.3, 0.4) is 0 Å². The minimum Gasteiger partial charge on any atom is -0.493 e. The van der Waals surface area contributed by atoms with E-state index in [4.69, 9.17) is 20.8 Å². The van der Waals surface area contributed by atoms with E-state index in [0.29, 0.717) is 19.6 Å². The molecule has 5 nitrogen and oxygen atoms in total. The van der Waals surface area contributed by atoms with Crippen LogP contribution in [0.15, 0.2) is 65.1 Å². The zero-order chi connectivity index (χ0) is 26.3. The summed E-state index contributed by atoms with van der Waals surface area (Å²) in [5.41, 5.74) is 1.83. The average molecular weight is 523 g/mol. The SMILES string of the molecule is CCCc1ccc(CN2CCCC(COc3ccc(Cl)c(C)c3)(CC(=O)N(C)Cc3ccccc3)C2)o1. The zero-order valence-corrected chi connectivity index (χ0v) is 23.1. The molecule has 2 aromatic carbocycles. The molecule has 37 heavy (non-hydrogen) atoms. The Morgan fingerprint density at radius 3 is 2.68 bits per heavy atom. The molecule has 0 N–H and O–H groups in total. The van der Waals surface area contributed by atoms with E-state index in [2.05, 4.69) is 36.1 Å². The summed E-state index contributed by atoms with van der Waals surface area (Å²) in [6, 6.07) is 20.1. The number of piperidine rings is 1. The number of nitrogens with zero attached hydrogens (tertiary/aromatic N) is 2. The van der Waals surface area contributed by atoms with Crippen LogP contribution in [0.4, 0.5) is 0 Å². The van der Waals surface area contributed by atoms with Crippen molar-refractivity contribution in [3.63, 3.8) is 0 Å². The Bertz CT molecular complexity index is 1160. The molecule has 1 saturated heterocycles. The molecule has 198 valence electrons. The third-order valence-corrected chi connectivity index (χ3v) is 7.65. The fourth-order valence-corrected chi connectivity index (χ4v) is 5.33. The van der Waals surface area contributed by atoms with Crippen LogP contribution in [-0.2, 0) is 24.3 Å². The molecule has 1 aromatic heterocycles. The molecule has 3 aromatic rings. The summed E-state index contributed by atoms with van der Waals surface area (Å²) in [4.78, 5) is 17.7. The molecule has 1 unspecified atom stereocenters. The van der Waals surface area contributed by atoms with E-state index in [-0.39, 0.29) is 11.3 Å². The van der Waals surface area contributed by atoms with Gasteiger partial charge in [0.05, 0.1) is 13.2 Å². The van der Waals surface area contributed by atoms with Gasteiger partial charge in [-0.15, -0.1) is 0 Å². The van der Waals surface area contributed by atoms with Crippen LogP contribution < -0.4 is 4.74 Å². The number of benzene rings is 2. The normalized spacial score (nSPS) is 18.1. The van der Waals surface area contributed by atoms with Gasteiger partial charge in [-0.1, -0.05) is 48.9 Å². The summed E-state index contributed by atoms with van der Waals surface area (Å²) >= 11 is 6.22. The van der Waals surface area contributed by atoms with Gasteiger partial charge < -0.3 is 14.1 Å². The van der Waals surface area contributed by atoms with Crippen molar-refractivity contribution in [2.24, 2.45) is 5.41 Å². The van der Waals surface area contributed by atoms with Crippen molar-refractivity contribution in [1.29, 1.82) is 0 Å². The maximum atomic E-state index is 13.5. The van der Waals surface area contributed by atoms with Gasteiger partial charge in [0.25, 0.3) is 0 Å². The van der Waals surface area contributed by atoms with E-state index in [9.17, 15) is 4.79 Å². The number of hydrogen-bond donors (Lipinski definition) is 0. The molecular formula is C31H39ClN2O3. The van der Waals surface area contributed by atoms with Gasteiger partial charge in [-0.25, -0.2) is 0 Å². The van der Waals surface area contributed by atoms with Crippen molar-refractivity contribution in [2.45, 2.75) is 59.0 Å². The fourth-order valence-electron chi connectivity index (χ4n) is 5.21. The van der Waals surface area contributed by atoms with Crippen molar-refractivity contribution >= 4 is 17.5 Å². The van der Waals surface area contributed by atoms with Crippen LogP contribution in [0.1, 0.15) is 55.3 Å². The zero-order valence-electron chi connectivity index (χ0n) is 22.3. The molecule has 0 spiro atoms. The number of likely N-dealkylation sites (tertiary alicyclic amines) is 1. The summed E-state index contributed by atoms with van der Waals surface area (Å²) < 4.78 is 12.4. The number of aryl methyl sites for hydroxylation is 2. The summed E-state index contributed by atoms with van der Waals surface area (Å²) in [6.45, 7) is 7.74. The Morgan fingerprint density at radius 1 is 1.14 bits per heavy atom. The van der Waals surface area contributed by atoms with Gasteiger partial charge in [-0.3, -0.25) is 9.69 Å². The van der Waals surface area contributed by atoms with Gasteiger partial charge >= 0.3 is 0 Å². The second-order valence-electron chi connectivity index (χ2n) is 10.5. The Kier molecular flexibility index (Phi) is 9.33. The maximum Gasteiger partial charge on any atom is 0.223 e. The number of hydrogen-bond acceptors (Lipinski definition) is 4. The first-order chi connectivity index (χ1) is 17.9. The predicted molar refractivity (Wildman–Crippen MR) is 149 cm³/mol. The summed E-state index contributed by atoms with van der Waals surface area (Å²) in [5, 5.41) is 0.726. The largest absolute Gasteiger partial charge is 0.493 e. The van der Waals surface area contributed by atoms with E-state index in [0.717, 1.165) is 78.7 Å². The van der Waals surface area contributed by atoms with Crippen LogP contribution in [0.25, 0.3) is 0 Å². The van der Waals surface area contributed by atoms with Crippen LogP contribution >= 0.6 is 11.6 Å². The first-order valence-corrected chi connectivity index (χ1v) is 13.7. The topological polar surface area (TPSA) is 45.9 Å². The molecule has 4 rings (SSSR count). The van der Waals surface area contributed by atoms with Crippen molar-refractivity contribution in [1.82, 2.24) is 9.80 Å². The molecule has 6 heteroatoms. The van der Waals surface area contributed by atoms with Crippen LogP contribution in [0.2, 0.25) is 5.02 Å². The standard InChI is InChI=1S/C31H39ClN2O3/c1-4-9-26-12-13-28(37-26)21-34-17-8-16-31(22-34,23-36-27-14-15-29(32)24(2)18-27)19-30(35)33(3)20-25-10-6-5-7-11-25/h5-7,10-15,18H,4,8-9,16-17,19-23H2,1-3H3. The minimum absolute atomic E-state index is 0.143. The quantitative estimate of drug-likeness (QED) is 0.274. The lowest BCUT2D eigenvalue weighted by atomic mass is 9.77. The van der Waals surface area contributed by atoms with Gasteiger partial charge in [0, 0.05) is 43.4 Å². The second-order valence-corrected chi connectivity index (χ2v) is 11.0. The number of carbonyl (C=O) groups is 1. The molecule has 0 aliphatic carbocycles. The van der Waals surface area contributed by atoms with Gasteiger partial charge in [-0.2, -0.15) is 0 Å². The Hall–Kier alpha value is -2.76. The van der Waals surface area contributed by atoms with E-state index in [1.807, 2.05) is 55.3 Å². The molecule has 1 atom stereocenters. The van der Waals surface area contributed by atoms with Gasteiger partial charge in [0.15, 0.2) is 0 Å². The highest BCUT2D eigenvalue weighted by Crippen LogP contribution is 2.36. The van der Waals surface area contributed by atoms with Crippen molar-refractivity contribution in [3.8, 4) is 5.75 Å². The highest BCUT2D eigenvalue weighted by molar-refractivity contribution is 6.31. The van der Waals surface area contributed by atoms with Crippen LogP contribution in [-0.4, -0.2) is 42.5 Å². The molecule has 1 aliphatic rings. The smallest absolute Gasteiger partial charge is 0.223 e. The van der Waals surface area contributed by atoms with Crippen LogP contribution in [0.5, 0.6) is 5.75 Å². The maximum absolute atomic E-state index is 13.5. The number of rotatable bonds is 11. The van der Waals surface area contributed by atoms with Crippen molar-refractivity contribution in [2.75, 3.05) is 26.7 Å². The molecule has 0 saturated carbocycles. The molecule has 1 aliphatic heterocycles. The minimum atomic E-state index is -0.285. The average Bonchev–Trinajstić information content (AvgIpc) is 3.32. The number of carbonyl (C=O) groups excluding carboxylic acids is 1. The van der Waals surface area contributed by atoms with E-state index in [1.54, 1.807) is 0 Å². The predicted octanol–water partition coefficient (Wildman–Crippen LogP) is 6.90. The summed E-state index contributed by atoms with van der Waals surface area (Å²) in [7, 11) is 1.89. The van der Waals surface area contributed by atoms with Gasteiger partial charge in [0.1, 0.15) is 17.3 Å². The number of furan rings is 1. The third kappa shape index (κ3) is 7.62. The van der Waals surface area contributed by atoms with E-state index >= 15 is 0 Å². The molecule has 1 fully saturated rings. The molecular weight excluding hydrogens is 484 g/mol.